The lowest BCUT2D eigenvalue weighted by Crippen LogP contribution is -2.18. The monoisotopic (exact) mass is 521 g/mol. The molecule has 3 N–H and O–H groups in total. The van der Waals surface area contributed by atoms with E-state index in [0.29, 0.717) is 28.1 Å². The first-order valence-corrected chi connectivity index (χ1v) is 12.6. The van der Waals surface area contributed by atoms with Gasteiger partial charge in [0.15, 0.2) is 11.0 Å². The third-order valence-electron chi connectivity index (χ3n) is 4.65. The van der Waals surface area contributed by atoms with Gasteiger partial charge in [0.1, 0.15) is 5.00 Å². The molecule has 0 bridgehead atoms. The molecule has 0 aliphatic heterocycles. The van der Waals surface area contributed by atoms with Crippen LogP contribution in [0, 0.1) is 6.92 Å². The molecule has 0 spiro atoms. The number of nitrogens with one attached hydrogen (secondary N) is 1. The van der Waals surface area contributed by atoms with Crippen LogP contribution in [0.4, 0.5) is 5.00 Å². The van der Waals surface area contributed by atoms with Crippen molar-refractivity contribution in [3.63, 3.8) is 0 Å². The number of nitrogens with zero attached hydrogens (tertiary/aromatic N) is 3. The number of primary amides is 1. The first-order chi connectivity index (χ1) is 16.1. The second kappa shape index (κ2) is 11.0. The number of amides is 2. The third-order valence-corrected chi connectivity index (χ3v) is 7.17. The average molecular weight is 522 g/mol. The van der Waals surface area contributed by atoms with Gasteiger partial charge in [-0.05, 0) is 45.4 Å². The number of carbonyl (C=O) groups is 3. The number of aromatic nitrogens is 3. The van der Waals surface area contributed by atoms with E-state index in [1.807, 2.05) is 29.7 Å². The molecule has 0 radical (unpaired) electrons. The predicted octanol–water partition coefficient (Wildman–Crippen LogP) is 4.38. The van der Waals surface area contributed by atoms with Crippen LogP contribution in [0.3, 0.4) is 0 Å². The number of halogens is 1. The molecule has 0 unspecified atom stereocenters. The molecule has 34 heavy (non-hydrogen) atoms. The van der Waals surface area contributed by atoms with Crippen molar-refractivity contribution in [3.05, 3.63) is 45.3 Å². The lowest BCUT2D eigenvalue weighted by atomic mass is 10.1. The number of benzene rings is 1. The number of hydrogen-bond acceptors (Lipinski definition) is 8. The fourth-order valence-corrected chi connectivity index (χ4v) is 5.26. The van der Waals surface area contributed by atoms with Gasteiger partial charge in [0, 0.05) is 12.1 Å². The predicted molar refractivity (Wildman–Crippen MR) is 134 cm³/mol. The average Bonchev–Trinajstić information content (AvgIpc) is 3.32. The van der Waals surface area contributed by atoms with Crippen LogP contribution in [0.15, 0.2) is 29.4 Å². The number of nitrogens with two attached hydrogens (primary N) is 1. The van der Waals surface area contributed by atoms with Crippen molar-refractivity contribution in [2.24, 2.45) is 5.73 Å². The quantitative estimate of drug-likeness (QED) is 0.315. The Hall–Kier alpha value is -2.89. The summed E-state index contributed by atoms with van der Waals surface area (Å²) < 4.78 is 7.14. The molecule has 3 aromatic rings. The zero-order chi connectivity index (χ0) is 25.0. The van der Waals surface area contributed by atoms with Crippen LogP contribution in [-0.2, 0) is 16.1 Å². The molecule has 0 atom stereocenters. The van der Waals surface area contributed by atoms with Crippen LogP contribution in [0.1, 0.15) is 46.4 Å². The Morgan fingerprint density at radius 2 is 1.97 bits per heavy atom. The van der Waals surface area contributed by atoms with E-state index in [2.05, 4.69) is 15.5 Å². The molecule has 0 aliphatic rings. The minimum Gasteiger partial charge on any atom is -0.459 e. The SMILES string of the molecule is CCn1c(SCC(=O)Nc2sc(C(N)=O)c(C)c2C(=O)OC(C)C)nnc1-c1ccccc1Cl. The summed E-state index contributed by atoms with van der Waals surface area (Å²) in [5, 5.41) is 12.5. The van der Waals surface area contributed by atoms with Gasteiger partial charge < -0.3 is 20.4 Å². The molecule has 2 amide bonds. The van der Waals surface area contributed by atoms with Crippen molar-refractivity contribution < 1.29 is 19.1 Å². The van der Waals surface area contributed by atoms with Gasteiger partial charge in [0.25, 0.3) is 5.91 Å². The highest BCUT2D eigenvalue weighted by molar-refractivity contribution is 7.99. The molecule has 0 fully saturated rings. The zero-order valence-corrected chi connectivity index (χ0v) is 21.4. The van der Waals surface area contributed by atoms with Crippen molar-refractivity contribution in [1.29, 1.82) is 0 Å². The Morgan fingerprint density at radius 1 is 1.26 bits per heavy atom. The van der Waals surface area contributed by atoms with Crippen LogP contribution in [-0.4, -0.2) is 44.4 Å². The molecule has 0 saturated carbocycles. The minimum absolute atomic E-state index is 0.00216. The fraction of sp³-hybridized carbons (Fsp3) is 0.318. The van der Waals surface area contributed by atoms with Gasteiger partial charge in [-0.2, -0.15) is 0 Å². The Labute approximate surface area is 210 Å². The molecule has 2 aromatic heterocycles. The van der Waals surface area contributed by atoms with Crippen molar-refractivity contribution in [1.82, 2.24) is 14.8 Å². The van der Waals surface area contributed by atoms with Gasteiger partial charge in [-0.3, -0.25) is 9.59 Å². The molecule has 180 valence electrons. The van der Waals surface area contributed by atoms with E-state index in [4.69, 9.17) is 22.1 Å². The fourth-order valence-electron chi connectivity index (χ4n) is 3.17. The van der Waals surface area contributed by atoms with Gasteiger partial charge in [0.05, 0.1) is 27.3 Å². The van der Waals surface area contributed by atoms with Crippen LogP contribution in [0.25, 0.3) is 11.4 Å². The lowest BCUT2D eigenvalue weighted by molar-refractivity contribution is -0.113. The maximum Gasteiger partial charge on any atom is 0.341 e. The van der Waals surface area contributed by atoms with E-state index in [1.165, 1.54) is 11.8 Å². The Morgan fingerprint density at radius 3 is 2.59 bits per heavy atom. The minimum atomic E-state index is -0.681. The summed E-state index contributed by atoms with van der Waals surface area (Å²) in [4.78, 5) is 37.3. The largest absolute Gasteiger partial charge is 0.459 e. The highest BCUT2D eigenvalue weighted by Gasteiger charge is 2.26. The number of ether oxygens (including phenoxy) is 1. The summed E-state index contributed by atoms with van der Waals surface area (Å²) >= 11 is 8.44. The van der Waals surface area contributed by atoms with Crippen LogP contribution >= 0.6 is 34.7 Å². The molecule has 0 saturated heterocycles. The molecule has 12 heteroatoms. The smallest absolute Gasteiger partial charge is 0.341 e. The number of hydrogen-bond donors (Lipinski definition) is 2. The summed E-state index contributed by atoms with van der Waals surface area (Å²) in [5.74, 6) is -1.09. The van der Waals surface area contributed by atoms with Crippen LogP contribution < -0.4 is 11.1 Å². The topological polar surface area (TPSA) is 129 Å². The maximum atomic E-state index is 12.7. The van der Waals surface area contributed by atoms with Crippen molar-refractivity contribution >= 4 is 57.5 Å². The number of thiophene rings is 1. The maximum absolute atomic E-state index is 12.7. The van der Waals surface area contributed by atoms with Crippen molar-refractivity contribution in [2.45, 2.75) is 45.5 Å². The van der Waals surface area contributed by atoms with Gasteiger partial charge in [-0.25, -0.2) is 4.79 Å². The Kier molecular flexibility index (Phi) is 8.34. The van der Waals surface area contributed by atoms with Gasteiger partial charge in [-0.15, -0.1) is 21.5 Å². The van der Waals surface area contributed by atoms with E-state index in [-0.39, 0.29) is 33.2 Å². The number of thioether (sulfide) groups is 1. The molecular weight excluding hydrogens is 498 g/mol. The molecule has 0 aliphatic carbocycles. The molecule has 2 heterocycles. The molecular formula is C22H24ClN5O4S2. The van der Waals surface area contributed by atoms with Crippen LogP contribution in [0.5, 0.6) is 0 Å². The second-order valence-electron chi connectivity index (χ2n) is 7.45. The van der Waals surface area contributed by atoms with Crippen LogP contribution in [0.2, 0.25) is 5.02 Å². The Bertz CT molecular complexity index is 1240. The van der Waals surface area contributed by atoms with Crippen molar-refractivity contribution in [3.8, 4) is 11.4 Å². The zero-order valence-electron chi connectivity index (χ0n) is 19.0. The summed E-state index contributed by atoms with van der Waals surface area (Å²) in [6.07, 6.45) is -0.365. The summed E-state index contributed by atoms with van der Waals surface area (Å²) in [6, 6.07) is 7.32. The number of esters is 1. The molecule has 1 aromatic carbocycles. The third kappa shape index (κ3) is 5.60. The summed E-state index contributed by atoms with van der Waals surface area (Å²) in [7, 11) is 0. The Balaban J connectivity index is 1.78. The van der Waals surface area contributed by atoms with Gasteiger partial charge in [-0.1, -0.05) is 35.5 Å². The number of carbonyl (C=O) groups excluding carboxylic acids is 3. The molecule has 9 nitrogen and oxygen atoms in total. The first kappa shape index (κ1) is 25.7. The lowest BCUT2D eigenvalue weighted by Gasteiger charge is -2.11. The van der Waals surface area contributed by atoms with Gasteiger partial charge >= 0.3 is 5.97 Å². The van der Waals surface area contributed by atoms with E-state index in [9.17, 15) is 14.4 Å². The van der Waals surface area contributed by atoms with E-state index >= 15 is 0 Å². The highest BCUT2D eigenvalue weighted by Crippen LogP contribution is 2.34. The van der Waals surface area contributed by atoms with E-state index in [0.717, 1.165) is 16.9 Å². The van der Waals surface area contributed by atoms with E-state index in [1.54, 1.807) is 26.8 Å². The number of anilines is 1. The summed E-state index contributed by atoms with van der Waals surface area (Å²) in [5.41, 5.74) is 6.68. The van der Waals surface area contributed by atoms with Gasteiger partial charge in [0.2, 0.25) is 5.91 Å². The second-order valence-corrected chi connectivity index (χ2v) is 9.82. The summed E-state index contributed by atoms with van der Waals surface area (Å²) in [6.45, 7) is 7.54. The van der Waals surface area contributed by atoms with Crippen molar-refractivity contribution in [2.75, 3.05) is 11.1 Å². The van der Waals surface area contributed by atoms with E-state index < -0.39 is 11.9 Å². The highest BCUT2D eigenvalue weighted by atomic mass is 35.5. The first-order valence-electron chi connectivity index (χ1n) is 10.4. The standard InChI is InChI=1S/C22H24ClN5O4S2/c1-5-28-19(13-8-6-7-9-14(13)23)26-27-22(28)33-10-15(29)25-20-16(21(31)32-11(2)3)12(4)17(34-20)18(24)30/h6-9,11H,5,10H2,1-4H3,(H2,24,30)(H,25,29). The normalized spacial score (nSPS) is 11.0. The molecule has 3 rings (SSSR count). The number of rotatable bonds is 9.